The summed E-state index contributed by atoms with van der Waals surface area (Å²) in [6.45, 7) is 3.75. The smallest absolute Gasteiger partial charge is 0.115 e. The van der Waals surface area contributed by atoms with Gasteiger partial charge in [0.1, 0.15) is 5.75 Å². The Morgan fingerprint density at radius 2 is 1.93 bits per heavy atom. The monoisotopic (exact) mass is 202 g/mol. The lowest BCUT2D eigenvalue weighted by Crippen LogP contribution is -1.96. The number of benzene rings is 1. The van der Waals surface area contributed by atoms with Crippen LogP contribution in [0.1, 0.15) is 19.3 Å². The summed E-state index contributed by atoms with van der Waals surface area (Å²) in [4.78, 5) is 0. The molecule has 0 bridgehead atoms. The zero-order valence-electron chi connectivity index (χ0n) is 8.97. The van der Waals surface area contributed by atoms with Crippen molar-refractivity contribution in [2.75, 3.05) is 0 Å². The Hall–Kier alpha value is -1.50. The first-order valence-corrected chi connectivity index (χ1v) is 5.34. The normalized spacial score (nSPS) is 18.8. The highest BCUT2D eigenvalue weighted by atomic mass is 16.3. The Morgan fingerprint density at radius 3 is 2.27 bits per heavy atom. The summed E-state index contributed by atoms with van der Waals surface area (Å²) in [5.74, 6) is 1.09. The van der Waals surface area contributed by atoms with E-state index in [1.807, 2.05) is 6.07 Å². The fourth-order valence-electron chi connectivity index (χ4n) is 1.46. The van der Waals surface area contributed by atoms with E-state index in [-0.39, 0.29) is 0 Å². The van der Waals surface area contributed by atoms with E-state index in [1.165, 1.54) is 19.3 Å². The Kier molecular flexibility index (Phi) is 5.31. The number of aromatic hydroxyl groups is 1. The van der Waals surface area contributed by atoms with E-state index in [1.54, 1.807) is 24.3 Å². The highest BCUT2D eigenvalue weighted by Gasteiger charge is 2.02. The van der Waals surface area contributed by atoms with Gasteiger partial charge >= 0.3 is 0 Å². The van der Waals surface area contributed by atoms with E-state index in [4.69, 9.17) is 5.11 Å². The predicted octanol–water partition coefficient (Wildman–Crippen LogP) is 3.92. The molecule has 1 N–H and O–H groups in total. The minimum absolute atomic E-state index is 0.322. The van der Waals surface area contributed by atoms with Gasteiger partial charge in [0.05, 0.1) is 0 Å². The SMILES string of the molecule is C=CC1CC=CCC1.Oc1ccccc1. The maximum atomic E-state index is 8.63. The van der Waals surface area contributed by atoms with Gasteiger partial charge in [0.2, 0.25) is 0 Å². The van der Waals surface area contributed by atoms with Gasteiger partial charge in [-0.05, 0) is 37.3 Å². The average Bonchev–Trinajstić information content (AvgIpc) is 2.32. The molecule has 2 rings (SSSR count). The van der Waals surface area contributed by atoms with Crippen LogP contribution in [0.3, 0.4) is 0 Å². The van der Waals surface area contributed by atoms with Crippen molar-refractivity contribution in [1.29, 1.82) is 0 Å². The first-order chi connectivity index (χ1) is 7.33. The maximum absolute atomic E-state index is 8.63. The second kappa shape index (κ2) is 6.88. The lowest BCUT2D eigenvalue weighted by Gasteiger charge is -2.11. The summed E-state index contributed by atoms with van der Waals surface area (Å²) in [5.41, 5.74) is 0. The number of allylic oxidation sites excluding steroid dienone is 3. The molecular weight excluding hydrogens is 184 g/mol. The van der Waals surface area contributed by atoms with Crippen LogP contribution in [0, 0.1) is 5.92 Å². The largest absolute Gasteiger partial charge is 0.508 e. The minimum atomic E-state index is 0.322. The Balaban J connectivity index is 0.000000151. The van der Waals surface area contributed by atoms with Gasteiger partial charge in [-0.1, -0.05) is 36.4 Å². The molecule has 0 saturated heterocycles. The molecule has 0 radical (unpaired) electrons. The molecule has 1 aliphatic carbocycles. The number of hydrogen-bond acceptors (Lipinski definition) is 1. The number of hydrogen-bond donors (Lipinski definition) is 1. The van der Waals surface area contributed by atoms with Crippen molar-refractivity contribution in [2.45, 2.75) is 19.3 Å². The van der Waals surface area contributed by atoms with Crippen molar-refractivity contribution in [1.82, 2.24) is 0 Å². The fourth-order valence-corrected chi connectivity index (χ4v) is 1.46. The Labute approximate surface area is 91.8 Å². The van der Waals surface area contributed by atoms with Gasteiger partial charge in [0.15, 0.2) is 0 Å². The maximum Gasteiger partial charge on any atom is 0.115 e. The number of phenols is 1. The van der Waals surface area contributed by atoms with Crippen molar-refractivity contribution >= 4 is 0 Å². The van der Waals surface area contributed by atoms with Crippen LogP contribution in [0.2, 0.25) is 0 Å². The topological polar surface area (TPSA) is 20.2 Å². The molecular formula is C14H18O. The highest BCUT2D eigenvalue weighted by Crippen LogP contribution is 2.17. The summed E-state index contributed by atoms with van der Waals surface area (Å²) in [5, 5.41) is 8.63. The molecule has 1 aromatic rings. The second-order valence-corrected chi connectivity index (χ2v) is 3.62. The molecule has 0 aromatic heterocycles. The van der Waals surface area contributed by atoms with Gasteiger partial charge in [-0.2, -0.15) is 0 Å². The molecule has 80 valence electrons. The van der Waals surface area contributed by atoms with Crippen LogP contribution in [-0.4, -0.2) is 5.11 Å². The molecule has 0 aliphatic heterocycles. The first kappa shape index (κ1) is 11.6. The molecule has 0 saturated carbocycles. The molecule has 0 heterocycles. The predicted molar refractivity (Wildman–Crippen MR) is 64.8 cm³/mol. The number of para-hydroxylation sites is 1. The molecule has 0 fully saturated rings. The zero-order chi connectivity index (χ0) is 10.9. The van der Waals surface area contributed by atoms with Crippen molar-refractivity contribution < 1.29 is 5.11 Å². The van der Waals surface area contributed by atoms with Crippen LogP contribution in [0.5, 0.6) is 5.75 Å². The Bertz CT molecular complexity index is 300. The van der Waals surface area contributed by atoms with Crippen LogP contribution in [0.15, 0.2) is 55.1 Å². The first-order valence-electron chi connectivity index (χ1n) is 5.34. The quantitative estimate of drug-likeness (QED) is 0.684. The van der Waals surface area contributed by atoms with Crippen molar-refractivity contribution in [3.63, 3.8) is 0 Å². The van der Waals surface area contributed by atoms with E-state index < -0.39 is 0 Å². The van der Waals surface area contributed by atoms with Crippen LogP contribution >= 0.6 is 0 Å². The van der Waals surface area contributed by atoms with Gasteiger partial charge in [0, 0.05) is 0 Å². The Morgan fingerprint density at radius 1 is 1.20 bits per heavy atom. The van der Waals surface area contributed by atoms with E-state index in [0.717, 1.165) is 5.92 Å². The van der Waals surface area contributed by atoms with Gasteiger partial charge in [0.25, 0.3) is 0 Å². The molecule has 1 unspecified atom stereocenters. The van der Waals surface area contributed by atoms with Gasteiger partial charge in [-0.3, -0.25) is 0 Å². The fraction of sp³-hybridized carbons (Fsp3) is 0.286. The second-order valence-electron chi connectivity index (χ2n) is 3.62. The third-order valence-corrected chi connectivity index (χ3v) is 2.40. The van der Waals surface area contributed by atoms with Crippen LogP contribution in [-0.2, 0) is 0 Å². The number of rotatable bonds is 1. The zero-order valence-corrected chi connectivity index (χ0v) is 8.97. The summed E-state index contributed by atoms with van der Waals surface area (Å²) in [6, 6.07) is 8.71. The summed E-state index contributed by atoms with van der Waals surface area (Å²) in [7, 11) is 0. The average molecular weight is 202 g/mol. The summed E-state index contributed by atoms with van der Waals surface area (Å²) in [6.07, 6.45) is 10.3. The van der Waals surface area contributed by atoms with Crippen LogP contribution in [0.4, 0.5) is 0 Å². The van der Waals surface area contributed by atoms with Crippen molar-refractivity contribution in [2.24, 2.45) is 5.92 Å². The van der Waals surface area contributed by atoms with E-state index in [2.05, 4.69) is 24.8 Å². The molecule has 1 atom stereocenters. The van der Waals surface area contributed by atoms with Gasteiger partial charge in [-0.25, -0.2) is 0 Å². The molecule has 1 heteroatoms. The summed E-state index contributed by atoms with van der Waals surface area (Å²) >= 11 is 0. The van der Waals surface area contributed by atoms with Gasteiger partial charge < -0.3 is 5.11 Å². The lowest BCUT2D eigenvalue weighted by atomic mass is 9.95. The van der Waals surface area contributed by atoms with Gasteiger partial charge in [-0.15, -0.1) is 6.58 Å². The molecule has 15 heavy (non-hydrogen) atoms. The molecule has 1 aromatic carbocycles. The van der Waals surface area contributed by atoms with Crippen molar-refractivity contribution in [3.8, 4) is 5.75 Å². The van der Waals surface area contributed by atoms with Crippen molar-refractivity contribution in [3.05, 3.63) is 55.1 Å². The molecule has 1 nitrogen and oxygen atoms in total. The third-order valence-electron chi connectivity index (χ3n) is 2.40. The van der Waals surface area contributed by atoms with Crippen LogP contribution < -0.4 is 0 Å². The summed E-state index contributed by atoms with van der Waals surface area (Å²) < 4.78 is 0. The van der Waals surface area contributed by atoms with Crippen LogP contribution in [0.25, 0.3) is 0 Å². The number of phenolic OH excluding ortho intramolecular Hbond substituents is 1. The molecule has 1 aliphatic rings. The van der Waals surface area contributed by atoms with E-state index in [9.17, 15) is 0 Å². The molecule has 0 amide bonds. The minimum Gasteiger partial charge on any atom is -0.508 e. The lowest BCUT2D eigenvalue weighted by molar-refractivity contribution is 0.475. The third kappa shape index (κ3) is 5.06. The standard InChI is InChI=1S/C8H12.C6H6O/c1-2-8-6-4-3-5-7-8;7-6-4-2-1-3-5-6/h2-4,8H,1,5-7H2;1-5,7H. The van der Waals surface area contributed by atoms with E-state index >= 15 is 0 Å². The molecule has 0 spiro atoms. The highest BCUT2D eigenvalue weighted by molar-refractivity contribution is 5.18. The van der Waals surface area contributed by atoms with E-state index in [0.29, 0.717) is 5.75 Å².